The minimum Gasteiger partial charge on any atom is -0.355 e. The molecule has 25 heavy (non-hydrogen) atoms. The van der Waals surface area contributed by atoms with Gasteiger partial charge in [-0.25, -0.2) is 0 Å². The third kappa shape index (κ3) is 2.38. The average Bonchev–Trinajstić information content (AvgIpc) is 3.11. The Kier molecular flexibility index (Phi) is 3.41. The quantitative estimate of drug-likeness (QED) is 0.663. The molecule has 4 nitrogen and oxygen atoms in total. The fraction of sp³-hybridized carbons (Fsp3) is 0.200. The van der Waals surface area contributed by atoms with Gasteiger partial charge in [0.05, 0.1) is 0 Å². The highest BCUT2D eigenvalue weighted by atomic mass is 32.2. The molecule has 2 aliphatic rings. The summed E-state index contributed by atoms with van der Waals surface area (Å²) in [6.45, 7) is 1.36. The molecular weight excluding hydrogens is 332 g/mol. The van der Waals surface area contributed by atoms with E-state index in [0.717, 1.165) is 35.6 Å². The van der Waals surface area contributed by atoms with Crippen LogP contribution in [0.2, 0.25) is 0 Å². The number of carbonyl (C=O) groups is 1. The second-order valence-corrected chi connectivity index (χ2v) is 7.39. The summed E-state index contributed by atoms with van der Waals surface area (Å²) < 4.78 is 5.58. The minimum absolute atomic E-state index is 0.0283. The van der Waals surface area contributed by atoms with Crippen molar-refractivity contribution in [2.75, 3.05) is 6.54 Å². The third-order valence-corrected chi connectivity index (χ3v) is 6.01. The van der Waals surface area contributed by atoms with Crippen LogP contribution in [-0.2, 0) is 18.7 Å². The van der Waals surface area contributed by atoms with Crippen LogP contribution in [0.15, 0.2) is 57.9 Å². The number of carbonyl (C=O) groups excluding carboxylic acids is 1. The van der Waals surface area contributed by atoms with E-state index in [0.29, 0.717) is 12.2 Å². The molecular formula is C20H16N2O2S. The number of benzene rings is 2. The summed E-state index contributed by atoms with van der Waals surface area (Å²) in [5, 5.41) is 4.15. The van der Waals surface area contributed by atoms with Gasteiger partial charge in [-0.1, -0.05) is 41.6 Å². The summed E-state index contributed by atoms with van der Waals surface area (Å²) >= 11 is 1.73. The lowest BCUT2D eigenvalue weighted by molar-refractivity contribution is 0.0723. The van der Waals surface area contributed by atoms with Crippen LogP contribution in [0, 0.1) is 0 Å². The van der Waals surface area contributed by atoms with Gasteiger partial charge >= 0.3 is 0 Å². The predicted octanol–water partition coefficient (Wildman–Crippen LogP) is 4.15. The van der Waals surface area contributed by atoms with Crippen molar-refractivity contribution in [3.8, 4) is 11.3 Å². The first-order chi connectivity index (χ1) is 12.3. The first-order valence-electron chi connectivity index (χ1n) is 8.38. The normalized spacial score (nSPS) is 15.3. The largest absolute Gasteiger partial charge is 0.355 e. The van der Waals surface area contributed by atoms with E-state index >= 15 is 0 Å². The second kappa shape index (κ2) is 5.77. The molecule has 0 spiro atoms. The molecule has 2 aromatic carbocycles. The summed E-state index contributed by atoms with van der Waals surface area (Å²) in [6.07, 6.45) is 0.888. The lowest BCUT2D eigenvalue weighted by Crippen LogP contribution is -2.36. The molecule has 3 heterocycles. The van der Waals surface area contributed by atoms with Gasteiger partial charge in [0.1, 0.15) is 0 Å². The molecule has 0 aliphatic carbocycles. The molecule has 5 rings (SSSR count). The molecule has 2 aliphatic heterocycles. The molecule has 0 fully saturated rings. The number of amides is 1. The molecule has 3 aromatic rings. The fourth-order valence-corrected chi connectivity index (χ4v) is 4.63. The van der Waals surface area contributed by atoms with Crippen molar-refractivity contribution in [1.82, 2.24) is 10.1 Å². The Morgan fingerprint density at radius 1 is 1.08 bits per heavy atom. The van der Waals surface area contributed by atoms with Gasteiger partial charge in [-0.05, 0) is 29.7 Å². The SMILES string of the molecule is O=C(c1noc2c1CSc1ccccc1-2)N1CCc2ccccc2C1. The Morgan fingerprint density at radius 2 is 1.88 bits per heavy atom. The Hall–Kier alpha value is -2.53. The molecule has 0 unspecified atom stereocenters. The lowest BCUT2D eigenvalue weighted by Gasteiger charge is -2.28. The van der Waals surface area contributed by atoms with Gasteiger partial charge in [0.15, 0.2) is 11.5 Å². The number of thioether (sulfide) groups is 1. The Balaban J connectivity index is 1.48. The summed E-state index contributed by atoms with van der Waals surface area (Å²) in [4.78, 5) is 16.1. The topological polar surface area (TPSA) is 46.3 Å². The van der Waals surface area contributed by atoms with E-state index < -0.39 is 0 Å². The van der Waals surface area contributed by atoms with Crippen LogP contribution in [0.3, 0.4) is 0 Å². The van der Waals surface area contributed by atoms with Gasteiger partial charge in [0.25, 0.3) is 5.91 Å². The van der Waals surface area contributed by atoms with Crippen molar-refractivity contribution < 1.29 is 9.32 Å². The number of fused-ring (bicyclic) bond motifs is 4. The maximum absolute atomic E-state index is 13.0. The molecule has 124 valence electrons. The number of nitrogens with zero attached hydrogens (tertiary/aromatic N) is 2. The average molecular weight is 348 g/mol. The first-order valence-corrected chi connectivity index (χ1v) is 9.36. The van der Waals surface area contributed by atoms with Crippen molar-refractivity contribution in [2.24, 2.45) is 0 Å². The predicted molar refractivity (Wildman–Crippen MR) is 96.4 cm³/mol. The smallest absolute Gasteiger partial charge is 0.276 e. The van der Waals surface area contributed by atoms with Gasteiger partial charge in [-0.15, -0.1) is 11.8 Å². The molecule has 5 heteroatoms. The van der Waals surface area contributed by atoms with Crippen molar-refractivity contribution in [3.05, 3.63) is 70.9 Å². The van der Waals surface area contributed by atoms with E-state index in [-0.39, 0.29) is 5.91 Å². The maximum atomic E-state index is 13.0. The second-order valence-electron chi connectivity index (χ2n) is 6.37. The molecule has 0 atom stereocenters. The van der Waals surface area contributed by atoms with E-state index in [9.17, 15) is 4.79 Å². The fourth-order valence-electron chi connectivity index (χ4n) is 3.57. The highest BCUT2D eigenvalue weighted by Gasteiger charge is 2.31. The van der Waals surface area contributed by atoms with Gasteiger partial charge in [-0.2, -0.15) is 0 Å². The van der Waals surface area contributed by atoms with Crippen LogP contribution in [0.25, 0.3) is 11.3 Å². The highest BCUT2D eigenvalue weighted by Crippen LogP contribution is 2.42. The van der Waals surface area contributed by atoms with Crippen molar-refractivity contribution >= 4 is 17.7 Å². The van der Waals surface area contributed by atoms with Crippen molar-refractivity contribution in [2.45, 2.75) is 23.6 Å². The van der Waals surface area contributed by atoms with E-state index in [1.165, 1.54) is 16.0 Å². The standard InChI is InChI=1S/C20H16N2O2S/c23-20(22-10-9-13-5-1-2-6-14(13)11-22)18-16-12-25-17-8-4-3-7-15(17)19(16)24-21-18/h1-8H,9-12H2. The number of aromatic nitrogens is 1. The number of rotatable bonds is 1. The van der Waals surface area contributed by atoms with Crippen LogP contribution in [0.1, 0.15) is 27.2 Å². The van der Waals surface area contributed by atoms with Crippen LogP contribution in [-0.4, -0.2) is 22.5 Å². The molecule has 1 amide bonds. The molecule has 0 bridgehead atoms. The Morgan fingerprint density at radius 3 is 2.80 bits per heavy atom. The van der Waals surface area contributed by atoms with E-state index in [1.807, 2.05) is 29.2 Å². The third-order valence-electron chi connectivity index (χ3n) is 4.91. The number of hydrogen-bond donors (Lipinski definition) is 0. The van der Waals surface area contributed by atoms with Gasteiger partial charge in [0.2, 0.25) is 0 Å². The van der Waals surface area contributed by atoms with Crippen LogP contribution < -0.4 is 0 Å². The molecule has 0 N–H and O–H groups in total. The van der Waals surface area contributed by atoms with Crippen LogP contribution >= 0.6 is 11.8 Å². The summed E-state index contributed by atoms with van der Waals surface area (Å²) in [5.74, 6) is 1.44. The molecule has 1 aromatic heterocycles. The van der Waals surface area contributed by atoms with Crippen LogP contribution in [0.4, 0.5) is 0 Å². The van der Waals surface area contributed by atoms with Gasteiger partial charge in [0, 0.05) is 34.9 Å². The summed E-state index contributed by atoms with van der Waals surface area (Å²) in [6, 6.07) is 16.4. The molecule has 0 saturated carbocycles. The molecule has 0 radical (unpaired) electrons. The Labute approximate surface area is 149 Å². The van der Waals surface area contributed by atoms with E-state index in [1.54, 1.807) is 11.8 Å². The Bertz CT molecular complexity index is 979. The maximum Gasteiger partial charge on any atom is 0.276 e. The summed E-state index contributed by atoms with van der Waals surface area (Å²) in [5.41, 5.74) is 4.98. The zero-order valence-electron chi connectivity index (χ0n) is 13.6. The highest BCUT2D eigenvalue weighted by molar-refractivity contribution is 7.98. The van der Waals surface area contributed by atoms with E-state index in [2.05, 4.69) is 29.4 Å². The number of hydrogen-bond acceptors (Lipinski definition) is 4. The zero-order chi connectivity index (χ0) is 16.8. The monoisotopic (exact) mass is 348 g/mol. The van der Waals surface area contributed by atoms with E-state index in [4.69, 9.17) is 4.52 Å². The molecule has 0 saturated heterocycles. The van der Waals surface area contributed by atoms with Crippen molar-refractivity contribution in [1.29, 1.82) is 0 Å². The minimum atomic E-state index is -0.0283. The van der Waals surface area contributed by atoms with Gasteiger partial charge in [-0.3, -0.25) is 4.79 Å². The zero-order valence-corrected chi connectivity index (χ0v) is 14.4. The lowest BCUT2D eigenvalue weighted by atomic mass is 9.99. The van der Waals surface area contributed by atoms with Crippen molar-refractivity contribution in [3.63, 3.8) is 0 Å². The van der Waals surface area contributed by atoms with Crippen LogP contribution in [0.5, 0.6) is 0 Å². The van der Waals surface area contributed by atoms with Gasteiger partial charge < -0.3 is 9.42 Å². The summed E-state index contributed by atoms with van der Waals surface area (Å²) in [7, 11) is 0. The first kappa shape index (κ1) is 14.8.